The number of anilines is 1. The summed E-state index contributed by atoms with van der Waals surface area (Å²) < 4.78 is 1.65. The second kappa shape index (κ2) is 4.79. The molecule has 4 N–H and O–H groups in total. The first-order valence-corrected chi connectivity index (χ1v) is 5.42. The fourth-order valence-electron chi connectivity index (χ4n) is 1.57. The number of carbonyl (C=O) groups is 1. The molecular formula is C12H14N4O2. The van der Waals surface area contributed by atoms with Crippen LogP contribution in [-0.2, 0) is 13.6 Å². The quantitative estimate of drug-likeness (QED) is 0.547. The van der Waals surface area contributed by atoms with Gasteiger partial charge in [0, 0.05) is 13.2 Å². The van der Waals surface area contributed by atoms with E-state index in [0.29, 0.717) is 6.54 Å². The van der Waals surface area contributed by atoms with Crippen molar-refractivity contribution in [3.63, 3.8) is 0 Å². The van der Waals surface area contributed by atoms with E-state index in [1.165, 1.54) is 12.1 Å². The van der Waals surface area contributed by atoms with Crippen LogP contribution in [0, 0.1) is 0 Å². The SMILES string of the molecule is Cn1ccc(CNC(=O)c2cccc(N)c2O)n1. The molecule has 0 saturated heterocycles. The highest BCUT2D eigenvalue weighted by atomic mass is 16.3. The Morgan fingerprint density at radius 1 is 1.50 bits per heavy atom. The summed E-state index contributed by atoms with van der Waals surface area (Å²) in [5.41, 5.74) is 6.61. The van der Waals surface area contributed by atoms with Gasteiger partial charge in [-0.1, -0.05) is 6.07 Å². The summed E-state index contributed by atoms with van der Waals surface area (Å²) in [7, 11) is 1.80. The largest absolute Gasteiger partial charge is 0.505 e. The molecule has 6 heteroatoms. The highest BCUT2D eigenvalue weighted by Gasteiger charge is 2.12. The molecule has 0 aliphatic rings. The van der Waals surface area contributed by atoms with Gasteiger partial charge >= 0.3 is 0 Å². The first kappa shape index (κ1) is 12.0. The molecule has 0 spiro atoms. The smallest absolute Gasteiger partial charge is 0.255 e. The van der Waals surface area contributed by atoms with Crippen molar-refractivity contribution in [2.24, 2.45) is 7.05 Å². The monoisotopic (exact) mass is 246 g/mol. The van der Waals surface area contributed by atoms with Crippen LogP contribution in [-0.4, -0.2) is 20.8 Å². The predicted molar refractivity (Wildman–Crippen MR) is 66.9 cm³/mol. The van der Waals surface area contributed by atoms with Crippen molar-refractivity contribution >= 4 is 11.6 Å². The number of amides is 1. The molecule has 2 rings (SSSR count). The molecule has 1 heterocycles. The molecule has 0 radical (unpaired) electrons. The summed E-state index contributed by atoms with van der Waals surface area (Å²) in [6.45, 7) is 0.300. The van der Waals surface area contributed by atoms with E-state index in [1.807, 2.05) is 0 Å². The number of para-hydroxylation sites is 1. The minimum absolute atomic E-state index is 0.158. The van der Waals surface area contributed by atoms with E-state index in [2.05, 4.69) is 10.4 Å². The zero-order valence-corrected chi connectivity index (χ0v) is 9.92. The summed E-state index contributed by atoms with van der Waals surface area (Å²) in [6.07, 6.45) is 1.79. The lowest BCUT2D eigenvalue weighted by molar-refractivity contribution is 0.0948. The molecule has 1 aromatic heterocycles. The van der Waals surface area contributed by atoms with Gasteiger partial charge < -0.3 is 16.2 Å². The third-order valence-electron chi connectivity index (χ3n) is 2.51. The summed E-state index contributed by atoms with van der Waals surface area (Å²) >= 11 is 0. The number of nitrogen functional groups attached to an aromatic ring is 1. The first-order valence-electron chi connectivity index (χ1n) is 5.42. The fourth-order valence-corrected chi connectivity index (χ4v) is 1.57. The van der Waals surface area contributed by atoms with Gasteiger partial charge in [-0.15, -0.1) is 0 Å². The maximum Gasteiger partial charge on any atom is 0.255 e. The lowest BCUT2D eigenvalue weighted by Crippen LogP contribution is -2.23. The van der Waals surface area contributed by atoms with Crippen molar-refractivity contribution in [2.75, 3.05) is 5.73 Å². The predicted octanol–water partition coefficient (Wildman–Crippen LogP) is 0.638. The van der Waals surface area contributed by atoms with Crippen LogP contribution in [0.3, 0.4) is 0 Å². The van der Waals surface area contributed by atoms with E-state index < -0.39 is 0 Å². The van der Waals surface area contributed by atoms with E-state index in [-0.39, 0.29) is 22.9 Å². The maximum atomic E-state index is 11.8. The normalized spacial score (nSPS) is 10.3. The number of hydrogen-bond acceptors (Lipinski definition) is 4. The Morgan fingerprint density at radius 3 is 2.94 bits per heavy atom. The van der Waals surface area contributed by atoms with E-state index in [9.17, 15) is 9.90 Å². The average molecular weight is 246 g/mol. The van der Waals surface area contributed by atoms with Crippen molar-refractivity contribution in [3.05, 3.63) is 41.7 Å². The summed E-state index contributed by atoms with van der Waals surface area (Å²) in [5, 5.41) is 16.5. The Balaban J connectivity index is 2.06. The summed E-state index contributed by atoms with van der Waals surface area (Å²) in [6, 6.07) is 6.47. The van der Waals surface area contributed by atoms with E-state index >= 15 is 0 Å². The van der Waals surface area contributed by atoms with Crippen molar-refractivity contribution in [1.82, 2.24) is 15.1 Å². The molecule has 0 bridgehead atoms. The van der Waals surface area contributed by atoms with E-state index in [0.717, 1.165) is 5.69 Å². The highest BCUT2D eigenvalue weighted by molar-refractivity contribution is 5.98. The molecule has 0 aliphatic carbocycles. The van der Waals surface area contributed by atoms with Crippen molar-refractivity contribution in [3.8, 4) is 5.75 Å². The standard InChI is InChI=1S/C12H14N4O2/c1-16-6-5-8(15-16)7-14-12(18)9-3-2-4-10(13)11(9)17/h2-6,17H,7,13H2,1H3,(H,14,18). The fraction of sp³-hybridized carbons (Fsp3) is 0.167. The van der Waals surface area contributed by atoms with Gasteiger partial charge in [-0.2, -0.15) is 5.10 Å². The Labute approximate surface area is 104 Å². The number of phenols is 1. The number of rotatable bonds is 3. The number of aromatic hydroxyl groups is 1. The number of hydrogen-bond donors (Lipinski definition) is 3. The van der Waals surface area contributed by atoms with Gasteiger partial charge in [-0.25, -0.2) is 0 Å². The number of aromatic nitrogens is 2. The lowest BCUT2D eigenvalue weighted by atomic mass is 10.1. The van der Waals surface area contributed by atoms with Gasteiger partial charge in [0.25, 0.3) is 5.91 Å². The Kier molecular flexibility index (Phi) is 3.18. The van der Waals surface area contributed by atoms with Crippen LogP contribution in [0.25, 0.3) is 0 Å². The van der Waals surface area contributed by atoms with Crippen LogP contribution < -0.4 is 11.1 Å². The number of carbonyl (C=O) groups excluding carboxylic acids is 1. The molecule has 2 aromatic rings. The lowest BCUT2D eigenvalue weighted by Gasteiger charge is -2.07. The zero-order chi connectivity index (χ0) is 13.1. The van der Waals surface area contributed by atoms with Gasteiger partial charge in [-0.05, 0) is 18.2 Å². The van der Waals surface area contributed by atoms with Crippen LogP contribution in [0.5, 0.6) is 5.75 Å². The minimum Gasteiger partial charge on any atom is -0.505 e. The van der Waals surface area contributed by atoms with Gasteiger partial charge in [0.15, 0.2) is 5.75 Å². The number of phenolic OH excluding ortho intramolecular Hbond substituents is 1. The van der Waals surface area contributed by atoms with E-state index in [4.69, 9.17) is 5.73 Å². The Hall–Kier alpha value is -2.50. The number of nitrogens with two attached hydrogens (primary N) is 1. The van der Waals surface area contributed by atoms with Crippen LogP contribution in [0.2, 0.25) is 0 Å². The molecule has 18 heavy (non-hydrogen) atoms. The van der Waals surface area contributed by atoms with Crippen molar-refractivity contribution in [2.45, 2.75) is 6.54 Å². The summed E-state index contributed by atoms with van der Waals surface area (Å²) in [5.74, 6) is -0.582. The van der Waals surface area contributed by atoms with E-state index in [1.54, 1.807) is 30.1 Å². The second-order valence-electron chi connectivity index (χ2n) is 3.91. The molecule has 0 unspecified atom stereocenters. The van der Waals surface area contributed by atoms with Gasteiger partial charge in [0.05, 0.1) is 23.5 Å². The van der Waals surface area contributed by atoms with Crippen LogP contribution in [0.4, 0.5) is 5.69 Å². The molecule has 0 fully saturated rings. The number of benzene rings is 1. The Morgan fingerprint density at radius 2 is 2.28 bits per heavy atom. The summed E-state index contributed by atoms with van der Waals surface area (Å²) in [4.78, 5) is 11.8. The number of nitrogens with one attached hydrogen (secondary N) is 1. The minimum atomic E-state index is -0.384. The molecule has 0 aliphatic heterocycles. The highest BCUT2D eigenvalue weighted by Crippen LogP contribution is 2.24. The molecule has 6 nitrogen and oxygen atoms in total. The van der Waals surface area contributed by atoms with Crippen LogP contribution >= 0.6 is 0 Å². The van der Waals surface area contributed by atoms with Gasteiger partial charge in [-0.3, -0.25) is 9.48 Å². The van der Waals surface area contributed by atoms with Crippen LogP contribution in [0.15, 0.2) is 30.5 Å². The third kappa shape index (κ3) is 2.42. The van der Waals surface area contributed by atoms with Gasteiger partial charge in [0.2, 0.25) is 0 Å². The molecule has 94 valence electrons. The second-order valence-corrected chi connectivity index (χ2v) is 3.91. The average Bonchev–Trinajstić information content (AvgIpc) is 2.76. The number of aryl methyl sites for hydroxylation is 1. The topological polar surface area (TPSA) is 93.2 Å². The molecular weight excluding hydrogens is 232 g/mol. The maximum absolute atomic E-state index is 11.8. The number of nitrogens with zero attached hydrogens (tertiary/aromatic N) is 2. The van der Waals surface area contributed by atoms with Crippen molar-refractivity contribution in [1.29, 1.82) is 0 Å². The van der Waals surface area contributed by atoms with Crippen molar-refractivity contribution < 1.29 is 9.90 Å². The van der Waals surface area contributed by atoms with Gasteiger partial charge in [0.1, 0.15) is 0 Å². The molecule has 0 saturated carbocycles. The molecule has 1 amide bonds. The first-order chi connectivity index (χ1) is 8.58. The third-order valence-corrected chi connectivity index (χ3v) is 2.51. The Bertz CT molecular complexity index is 577. The molecule has 0 atom stereocenters. The zero-order valence-electron chi connectivity index (χ0n) is 9.92. The van der Waals surface area contributed by atoms with Crippen LogP contribution in [0.1, 0.15) is 16.1 Å². The molecule has 1 aromatic carbocycles.